The van der Waals surface area contributed by atoms with E-state index >= 15 is 0 Å². The number of hydrogen-bond donors (Lipinski definition) is 1. The van der Waals surface area contributed by atoms with Crippen molar-refractivity contribution >= 4 is 24.6 Å². The fourth-order valence-electron chi connectivity index (χ4n) is 1.61. The number of anilines is 1. The summed E-state index contributed by atoms with van der Waals surface area (Å²) in [7, 11) is -3.31. The number of fused-ring (bicyclic) bond motifs is 1. The van der Waals surface area contributed by atoms with Gasteiger partial charge in [-0.1, -0.05) is 0 Å². The van der Waals surface area contributed by atoms with Crippen molar-refractivity contribution < 1.29 is 82.9 Å². The summed E-state index contributed by atoms with van der Waals surface area (Å²) in [5.74, 6) is 0.216. The topological polar surface area (TPSA) is 151 Å². The molecule has 0 aliphatic heterocycles. The normalized spacial score (nSPS) is 12.5. The van der Waals surface area contributed by atoms with Gasteiger partial charge in [0.2, 0.25) is 0 Å². The van der Waals surface area contributed by atoms with Gasteiger partial charge in [-0.3, -0.25) is 4.57 Å². The summed E-state index contributed by atoms with van der Waals surface area (Å²) < 4.78 is 22.0. The maximum atomic E-state index is 10.5. The molecule has 0 fully saturated rings. The van der Waals surface area contributed by atoms with E-state index < -0.39 is 20.2 Å². The van der Waals surface area contributed by atoms with Crippen LogP contribution in [-0.4, -0.2) is 39.6 Å². The summed E-state index contributed by atoms with van der Waals surface area (Å²) in [6.45, 7) is -0.152. The van der Waals surface area contributed by atoms with Crippen LogP contribution in [0.25, 0.3) is 11.2 Å². The van der Waals surface area contributed by atoms with Crippen LogP contribution >= 0.6 is 7.60 Å². The van der Waals surface area contributed by atoms with Crippen LogP contribution in [0.2, 0.25) is 0 Å². The quantitative estimate of drug-likeness (QED) is 0.397. The standard InChI is InChI=1S/C9H14N5O5P.2Na/c1-18-6(2-19-5-20(15,16)17)14-4-13-7-8(10)11-3-12-9(7)14;;/h3-4,6H,2,5H2,1H3,(H2,10,11,12)(H2,15,16,17);;/q;2*+1/p-2. The average molecular weight is 347 g/mol. The zero-order chi connectivity index (χ0) is 14.8. The predicted octanol–water partition coefficient (Wildman–Crippen LogP) is -7.55. The second-order valence-electron chi connectivity index (χ2n) is 3.88. The van der Waals surface area contributed by atoms with Gasteiger partial charge in [-0.25, -0.2) is 15.0 Å². The molecule has 22 heavy (non-hydrogen) atoms. The van der Waals surface area contributed by atoms with E-state index in [9.17, 15) is 14.4 Å². The molecule has 2 rings (SSSR count). The Hall–Kier alpha value is 0.420. The van der Waals surface area contributed by atoms with Crippen molar-refractivity contribution in [2.75, 3.05) is 25.8 Å². The summed E-state index contributed by atoms with van der Waals surface area (Å²) >= 11 is 0. The predicted molar refractivity (Wildman–Crippen MR) is 64.2 cm³/mol. The van der Waals surface area contributed by atoms with Gasteiger partial charge in [0.1, 0.15) is 11.8 Å². The second-order valence-corrected chi connectivity index (χ2v) is 5.36. The molecule has 2 aromatic heterocycles. The van der Waals surface area contributed by atoms with Crippen LogP contribution in [-0.2, 0) is 14.0 Å². The molecule has 10 nitrogen and oxygen atoms in total. The molecule has 0 aliphatic carbocycles. The largest absolute Gasteiger partial charge is 1.00 e. The number of imidazole rings is 1. The number of nitrogens with two attached hydrogens (primary N) is 1. The van der Waals surface area contributed by atoms with Crippen molar-refractivity contribution in [1.29, 1.82) is 0 Å². The van der Waals surface area contributed by atoms with Gasteiger partial charge in [-0.2, -0.15) is 0 Å². The molecule has 1 unspecified atom stereocenters. The summed E-state index contributed by atoms with van der Waals surface area (Å²) in [5.41, 5.74) is 6.46. The van der Waals surface area contributed by atoms with Gasteiger partial charge in [-0.15, -0.1) is 0 Å². The maximum Gasteiger partial charge on any atom is 1.00 e. The van der Waals surface area contributed by atoms with Crippen molar-refractivity contribution in [3.63, 3.8) is 0 Å². The van der Waals surface area contributed by atoms with Crippen LogP contribution in [0.1, 0.15) is 6.23 Å². The molecular weight excluding hydrogens is 335 g/mol. The van der Waals surface area contributed by atoms with Gasteiger partial charge < -0.3 is 29.6 Å². The van der Waals surface area contributed by atoms with Crippen LogP contribution in [0.3, 0.4) is 0 Å². The Labute approximate surface area is 170 Å². The summed E-state index contributed by atoms with van der Waals surface area (Å²) in [6, 6.07) is 0. The summed E-state index contributed by atoms with van der Waals surface area (Å²) in [5, 5.41) is 0. The molecule has 0 amide bonds. The minimum absolute atomic E-state index is 0. The molecule has 0 saturated carbocycles. The van der Waals surface area contributed by atoms with E-state index in [4.69, 9.17) is 15.2 Å². The third-order valence-electron chi connectivity index (χ3n) is 2.48. The van der Waals surface area contributed by atoms with Gasteiger partial charge in [0.25, 0.3) is 0 Å². The first-order valence-electron chi connectivity index (χ1n) is 5.47. The molecule has 0 saturated heterocycles. The molecule has 0 spiro atoms. The monoisotopic (exact) mass is 347 g/mol. The van der Waals surface area contributed by atoms with Crippen molar-refractivity contribution in [3.05, 3.63) is 12.7 Å². The molecule has 2 N–H and O–H groups in total. The Bertz CT molecular complexity index is 650. The average Bonchev–Trinajstić information content (AvgIpc) is 2.79. The minimum Gasteiger partial charge on any atom is -0.809 e. The van der Waals surface area contributed by atoms with Crippen molar-refractivity contribution in [2.24, 2.45) is 0 Å². The SMILES string of the molecule is COC(COCP(=O)([O-])[O-])n1cnc2c(N)ncnc21.[Na+].[Na+]. The maximum absolute atomic E-state index is 10.5. The number of nitrogens with zero attached hydrogens (tertiary/aromatic N) is 4. The first-order valence-corrected chi connectivity index (χ1v) is 7.20. The van der Waals surface area contributed by atoms with Crippen LogP contribution in [0.15, 0.2) is 12.7 Å². The molecule has 0 bridgehead atoms. The Kier molecular flexibility index (Phi) is 9.84. The fourth-order valence-corrected chi connectivity index (χ4v) is 1.94. The van der Waals surface area contributed by atoms with Crippen LogP contribution in [0.5, 0.6) is 0 Å². The second kappa shape index (κ2) is 9.65. The minimum atomic E-state index is -4.71. The van der Waals surface area contributed by atoms with E-state index in [2.05, 4.69) is 15.0 Å². The van der Waals surface area contributed by atoms with Gasteiger partial charge in [0.05, 0.1) is 19.3 Å². The summed E-state index contributed by atoms with van der Waals surface area (Å²) in [4.78, 5) is 32.9. The van der Waals surface area contributed by atoms with E-state index in [1.165, 1.54) is 24.3 Å². The first-order chi connectivity index (χ1) is 9.42. The Morgan fingerprint density at radius 1 is 1.36 bits per heavy atom. The first kappa shape index (κ1) is 22.4. The Balaban J connectivity index is 0.00000220. The number of nitrogen functional groups attached to an aromatic ring is 1. The molecule has 1 atom stereocenters. The van der Waals surface area contributed by atoms with E-state index in [0.29, 0.717) is 11.2 Å². The summed E-state index contributed by atoms with van der Waals surface area (Å²) in [6.07, 6.45) is 1.09. The van der Waals surface area contributed by atoms with Crippen molar-refractivity contribution in [2.45, 2.75) is 6.23 Å². The zero-order valence-corrected chi connectivity index (χ0v) is 17.4. The number of aromatic nitrogens is 4. The smallest absolute Gasteiger partial charge is 0.809 e. The molecule has 0 aliphatic rings. The molecule has 110 valence electrons. The van der Waals surface area contributed by atoms with E-state index in [1.807, 2.05) is 0 Å². The Morgan fingerprint density at radius 2 is 2.05 bits per heavy atom. The third-order valence-corrected chi connectivity index (χ3v) is 2.98. The van der Waals surface area contributed by atoms with E-state index in [1.54, 1.807) is 0 Å². The number of rotatable bonds is 6. The molecular formula is C9H12N5Na2O5P. The van der Waals surface area contributed by atoms with E-state index in [-0.39, 0.29) is 71.5 Å². The Morgan fingerprint density at radius 3 is 2.64 bits per heavy atom. The van der Waals surface area contributed by atoms with Gasteiger partial charge in [-0.05, 0) is 7.60 Å². The van der Waals surface area contributed by atoms with Gasteiger partial charge in [0, 0.05) is 7.11 Å². The molecule has 13 heteroatoms. The van der Waals surface area contributed by atoms with Crippen molar-refractivity contribution in [3.8, 4) is 0 Å². The number of hydrogen-bond acceptors (Lipinski definition) is 9. The molecule has 2 heterocycles. The number of ether oxygens (including phenoxy) is 2. The number of methoxy groups -OCH3 is 1. The fraction of sp³-hybridized carbons (Fsp3) is 0.444. The zero-order valence-electron chi connectivity index (χ0n) is 12.5. The van der Waals surface area contributed by atoms with Crippen LogP contribution in [0.4, 0.5) is 5.82 Å². The van der Waals surface area contributed by atoms with Gasteiger partial charge in [0.15, 0.2) is 17.7 Å². The van der Waals surface area contributed by atoms with Gasteiger partial charge >= 0.3 is 59.1 Å². The molecule has 0 radical (unpaired) electrons. The van der Waals surface area contributed by atoms with Crippen molar-refractivity contribution in [1.82, 2.24) is 19.5 Å². The van der Waals surface area contributed by atoms with E-state index in [0.717, 1.165) is 0 Å². The van der Waals surface area contributed by atoms with Crippen LogP contribution < -0.4 is 74.6 Å². The molecule has 0 aromatic carbocycles. The third kappa shape index (κ3) is 5.81. The van der Waals surface area contributed by atoms with Crippen LogP contribution in [0, 0.1) is 0 Å². The molecule has 2 aromatic rings.